The summed E-state index contributed by atoms with van der Waals surface area (Å²) in [7, 11) is 1.31. The van der Waals surface area contributed by atoms with Crippen LogP contribution in [0.15, 0.2) is 18.2 Å². The standard InChI is InChI=1S/C16H26N2O4S/c1-12(2)17(3)23(19,20)18-10-6-7-15(18)14-11-13(21-4)8-9-16(14)22-5/h8-9,11-12,15H,6-7,10H2,1-5H3. The van der Waals surface area contributed by atoms with Gasteiger partial charge in [0.1, 0.15) is 11.5 Å². The van der Waals surface area contributed by atoms with Crippen molar-refractivity contribution in [1.29, 1.82) is 0 Å². The van der Waals surface area contributed by atoms with Crippen LogP contribution in [0.1, 0.15) is 38.3 Å². The third kappa shape index (κ3) is 3.46. The smallest absolute Gasteiger partial charge is 0.282 e. The van der Waals surface area contributed by atoms with Gasteiger partial charge in [-0.1, -0.05) is 0 Å². The van der Waals surface area contributed by atoms with E-state index in [-0.39, 0.29) is 12.1 Å². The molecule has 0 spiro atoms. The predicted octanol–water partition coefficient (Wildman–Crippen LogP) is 2.43. The zero-order valence-electron chi connectivity index (χ0n) is 14.4. The van der Waals surface area contributed by atoms with E-state index >= 15 is 0 Å². The van der Waals surface area contributed by atoms with E-state index in [1.54, 1.807) is 25.6 Å². The summed E-state index contributed by atoms with van der Waals surface area (Å²) in [6.07, 6.45) is 1.60. The summed E-state index contributed by atoms with van der Waals surface area (Å²) in [6.45, 7) is 4.26. The highest BCUT2D eigenvalue weighted by molar-refractivity contribution is 7.86. The number of rotatable bonds is 6. The molecule has 0 N–H and O–H groups in total. The second-order valence-electron chi connectivity index (χ2n) is 5.99. The van der Waals surface area contributed by atoms with Gasteiger partial charge in [-0.25, -0.2) is 0 Å². The zero-order chi connectivity index (χ0) is 17.2. The molecule has 1 aromatic rings. The SMILES string of the molecule is COc1ccc(OC)c(C2CCCN2S(=O)(=O)N(C)C(C)C)c1. The fourth-order valence-electron chi connectivity index (χ4n) is 2.86. The Balaban J connectivity index is 2.43. The lowest BCUT2D eigenvalue weighted by atomic mass is 10.0. The van der Waals surface area contributed by atoms with Crippen LogP contribution in [-0.4, -0.2) is 50.9 Å². The van der Waals surface area contributed by atoms with Gasteiger partial charge in [-0.3, -0.25) is 0 Å². The Kier molecular flexibility index (Phi) is 5.54. The van der Waals surface area contributed by atoms with Gasteiger partial charge < -0.3 is 9.47 Å². The van der Waals surface area contributed by atoms with Crippen LogP contribution in [0.4, 0.5) is 0 Å². The molecule has 1 unspecified atom stereocenters. The molecule has 0 amide bonds. The van der Waals surface area contributed by atoms with Gasteiger partial charge >= 0.3 is 0 Å². The average molecular weight is 342 g/mol. The highest BCUT2D eigenvalue weighted by Gasteiger charge is 2.39. The van der Waals surface area contributed by atoms with Gasteiger partial charge in [-0.15, -0.1) is 0 Å². The zero-order valence-corrected chi connectivity index (χ0v) is 15.3. The number of benzene rings is 1. The van der Waals surface area contributed by atoms with Crippen LogP contribution in [0.2, 0.25) is 0 Å². The van der Waals surface area contributed by atoms with Gasteiger partial charge in [0, 0.05) is 25.2 Å². The summed E-state index contributed by atoms with van der Waals surface area (Å²) in [6, 6.07) is 5.19. The summed E-state index contributed by atoms with van der Waals surface area (Å²) in [4.78, 5) is 0. The summed E-state index contributed by atoms with van der Waals surface area (Å²) < 4.78 is 39.5. The van der Waals surface area contributed by atoms with Crippen LogP contribution in [0, 0.1) is 0 Å². The molecule has 0 aromatic heterocycles. The molecular formula is C16H26N2O4S. The molecule has 1 aliphatic heterocycles. The Hall–Kier alpha value is -1.31. The predicted molar refractivity (Wildman–Crippen MR) is 90.0 cm³/mol. The molecule has 0 saturated carbocycles. The Morgan fingerprint density at radius 1 is 1.26 bits per heavy atom. The van der Waals surface area contributed by atoms with Crippen LogP contribution in [0.25, 0.3) is 0 Å². The number of hydrogen-bond donors (Lipinski definition) is 0. The third-order valence-corrected chi connectivity index (χ3v) is 6.57. The summed E-state index contributed by atoms with van der Waals surface area (Å²) >= 11 is 0. The van der Waals surface area contributed by atoms with Crippen LogP contribution in [0.3, 0.4) is 0 Å². The Labute approximate surface area is 139 Å². The molecular weight excluding hydrogens is 316 g/mol. The fraction of sp³-hybridized carbons (Fsp3) is 0.625. The Bertz CT molecular complexity index is 645. The minimum absolute atomic E-state index is 0.0894. The normalized spacial score (nSPS) is 19.5. The summed E-state index contributed by atoms with van der Waals surface area (Å²) in [5.41, 5.74) is 0.852. The van der Waals surface area contributed by atoms with E-state index in [4.69, 9.17) is 9.47 Å². The highest BCUT2D eigenvalue weighted by atomic mass is 32.2. The number of methoxy groups -OCH3 is 2. The first kappa shape index (κ1) is 18.0. The third-order valence-electron chi connectivity index (χ3n) is 4.39. The molecule has 0 aliphatic carbocycles. The molecule has 6 nitrogen and oxygen atoms in total. The molecule has 2 rings (SSSR count). The lowest BCUT2D eigenvalue weighted by molar-refractivity contribution is 0.318. The van der Waals surface area contributed by atoms with Crippen LogP contribution in [-0.2, 0) is 10.2 Å². The molecule has 1 aromatic carbocycles. The highest BCUT2D eigenvalue weighted by Crippen LogP contribution is 2.40. The number of hydrogen-bond acceptors (Lipinski definition) is 4. The lowest BCUT2D eigenvalue weighted by Gasteiger charge is -2.31. The second-order valence-corrected chi connectivity index (χ2v) is 7.94. The van der Waals surface area contributed by atoms with E-state index in [0.717, 1.165) is 18.4 Å². The summed E-state index contributed by atoms with van der Waals surface area (Å²) in [5.74, 6) is 1.38. The molecule has 1 saturated heterocycles. The first-order valence-corrected chi connectivity index (χ1v) is 9.19. The summed E-state index contributed by atoms with van der Waals surface area (Å²) in [5, 5.41) is 0. The van der Waals surface area contributed by atoms with E-state index in [9.17, 15) is 8.42 Å². The second kappa shape index (κ2) is 7.07. The van der Waals surface area contributed by atoms with E-state index in [0.29, 0.717) is 18.0 Å². The quantitative estimate of drug-likeness (QED) is 0.797. The maximum atomic E-state index is 12.9. The molecule has 0 radical (unpaired) electrons. The van der Waals surface area contributed by atoms with Crippen molar-refractivity contribution in [2.24, 2.45) is 0 Å². The van der Waals surface area contributed by atoms with Crippen LogP contribution < -0.4 is 9.47 Å². The topological polar surface area (TPSA) is 59.1 Å². The van der Waals surface area contributed by atoms with Gasteiger partial charge in [0.05, 0.1) is 20.3 Å². The molecule has 7 heteroatoms. The monoisotopic (exact) mass is 342 g/mol. The lowest BCUT2D eigenvalue weighted by Crippen LogP contribution is -2.44. The maximum absolute atomic E-state index is 12.9. The molecule has 23 heavy (non-hydrogen) atoms. The minimum Gasteiger partial charge on any atom is -0.497 e. The van der Waals surface area contributed by atoms with Gasteiger partial charge in [0.2, 0.25) is 0 Å². The van der Waals surface area contributed by atoms with E-state index < -0.39 is 10.2 Å². The van der Waals surface area contributed by atoms with Gasteiger partial charge in [-0.2, -0.15) is 17.0 Å². The van der Waals surface area contributed by atoms with Crippen LogP contribution in [0.5, 0.6) is 11.5 Å². The Morgan fingerprint density at radius 2 is 1.96 bits per heavy atom. The Morgan fingerprint density at radius 3 is 2.52 bits per heavy atom. The van der Waals surface area contributed by atoms with Gasteiger partial charge in [0.25, 0.3) is 10.2 Å². The molecule has 1 atom stereocenters. The molecule has 1 fully saturated rings. The van der Waals surface area contributed by atoms with Crippen molar-refractivity contribution in [2.75, 3.05) is 27.8 Å². The molecule has 130 valence electrons. The van der Waals surface area contributed by atoms with E-state index in [1.807, 2.05) is 32.0 Å². The van der Waals surface area contributed by atoms with Crippen molar-refractivity contribution in [3.8, 4) is 11.5 Å². The first-order chi connectivity index (χ1) is 10.8. The number of ether oxygens (including phenoxy) is 2. The van der Waals surface area contributed by atoms with Gasteiger partial charge in [0.15, 0.2) is 0 Å². The van der Waals surface area contributed by atoms with Crippen molar-refractivity contribution in [3.63, 3.8) is 0 Å². The average Bonchev–Trinajstić information content (AvgIpc) is 3.03. The fourth-order valence-corrected chi connectivity index (χ4v) is 4.62. The minimum atomic E-state index is -3.51. The first-order valence-electron chi connectivity index (χ1n) is 7.79. The van der Waals surface area contributed by atoms with Crippen molar-refractivity contribution >= 4 is 10.2 Å². The molecule has 0 bridgehead atoms. The van der Waals surface area contributed by atoms with Crippen molar-refractivity contribution in [3.05, 3.63) is 23.8 Å². The largest absolute Gasteiger partial charge is 0.497 e. The van der Waals surface area contributed by atoms with Crippen molar-refractivity contribution in [1.82, 2.24) is 8.61 Å². The maximum Gasteiger partial charge on any atom is 0.282 e. The van der Waals surface area contributed by atoms with Gasteiger partial charge in [-0.05, 0) is 44.9 Å². The van der Waals surface area contributed by atoms with Crippen molar-refractivity contribution < 1.29 is 17.9 Å². The van der Waals surface area contributed by atoms with Crippen molar-refractivity contribution in [2.45, 2.75) is 38.8 Å². The van der Waals surface area contributed by atoms with Crippen LogP contribution >= 0.6 is 0 Å². The molecule has 1 heterocycles. The van der Waals surface area contributed by atoms with E-state index in [1.165, 1.54) is 4.31 Å². The molecule has 1 aliphatic rings. The number of nitrogens with zero attached hydrogens (tertiary/aromatic N) is 2. The van der Waals surface area contributed by atoms with E-state index in [2.05, 4.69) is 0 Å².